The van der Waals surface area contributed by atoms with E-state index in [1.807, 2.05) is 0 Å². The van der Waals surface area contributed by atoms with Crippen LogP contribution in [0.2, 0.25) is 0 Å². The molecule has 1 heterocycles. The third-order valence-corrected chi connectivity index (χ3v) is 2.26. The Balaban J connectivity index is 3.08. The van der Waals surface area contributed by atoms with Gasteiger partial charge in [-0.15, -0.1) is 0 Å². The molecule has 0 bridgehead atoms. The van der Waals surface area contributed by atoms with Crippen LogP contribution in [0.15, 0.2) is 5.11 Å². The lowest BCUT2D eigenvalue weighted by Crippen LogP contribution is -2.24. The summed E-state index contributed by atoms with van der Waals surface area (Å²) in [6.07, 6.45) is -8.23. The summed E-state index contributed by atoms with van der Waals surface area (Å²) in [6, 6.07) is 0. The van der Waals surface area contributed by atoms with E-state index in [1.54, 1.807) is 0 Å². The monoisotopic (exact) mass is 265 g/mol. The van der Waals surface area contributed by atoms with Gasteiger partial charge >= 0.3 is 6.18 Å². The highest BCUT2D eigenvalue weighted by Gasteiger charge is 2.40. The molecule has 7 nitrogen and oxygen atoms in total. The third-order valence-electron chi connectivity index (χ3n) is 2.26. The number of nitrogens with zero attached hydrogens (tertiary/aromatic N) is 4. The van der Waals surface area contributed by atoms with Crippen molar-refractivity contribution in [3.05, 3.63) is 27.4 Å². The molecule has 10 heteroatoms. The molecule has 0 aliphatic rings. The summed E-state index contributed by atoms with van der Waals surface area (Å²) < 4.78 is 37.7. The minimum absolute atomic E-state index is 0.0187. The van der Waals surface area contributed by atoms with E-state index in [0.29, 0.717) is 0 Å². The summed E-state index contributed by atoms with van der Waals surface area (Å²) in [5.74, 6) is 0. The Morgan fingerprint density at radius 2 is 2.11 bits per heavy atom. The lowest BCUT2D eigenvalue weighted by molar-refractivity contribution is -0.143. The Bertz CT molecular complexity index is 466. The molecule has 2 unspecified atom stereocenters. The van der Waals surface area contributed by atoms with Crippen LogP contribution in [0.3, 0.4) is 0 Å². The maximum Gasteiger partial charge on any atom is 0.435 e. The number of aromatic amines is 1. The van der Waals surface area contributed by atoms with Gasteiger partial charge in [0, 0.05) is 16.2 Å². The first kappa shape index (κ1) is 14.3. The Kier molecular flexibility index (Phi) is 4.17. The van der Waals surface area contributed by atoms with E-state index >= 15 is 0 Å². The lowest BCUT2D eigenvalue weighted by Gasteiger charge is -2.17. The van der Waals surface area contributed by atoms with Crippen LogP contribution in [0.1, 0.15) is 23.1 Å². The van der Waals surface area contributed by atoms with Crippen LogP contribution in [0.25, 0.3) is 10.4 Å². The molecule has 0 aliphatic carbocycles. The average molecular weight is 265 g/mol. The maximum absolute atomic E-state index is 12.6. The molecule has 3 N–H and O–H groups in total. The van der Waals surface area contributed by atoms with Crippen molar-refractivity contribution in [3.8, 4) is 0 Å². The van der Waals surface area contributed by atoms with Crippen molar-refractivity contribution in [1.29, 1.82) is 0 Å². The average Bonchev–Trinajstić information content (AvgIpc) is 2.66. The van der Waals surface area contributed by atoms with Crippen LogP contribution in [0.4, 0.5) is 13.2 Å². The predicted molar refractivity (Wildman–Crippen MR) is 53.3 cm³/mol. The van der Waals surface area contributed by atoms with Crippen LogP contribution < -0.4 is 0 Å². The molecule has 0 fully saturated rings. The number of azide groups is 1. The largest absolute Gasteiger partial charge is 0.435 e. The third kappa shape index (κ3) is 2.92. The number of nitrogens with one attached hydrogen (secondary N) is 1. The van der Waals surface area contributed by atoms with Gasteiger partial charge in [0.1, 0.15) is 6.10 Å². The Morgan fingerprint density at radius 1 is 1.50 bits per heavy atom. The van der Waals surface area contributed by atoms with Gasteiger partial charge in [0.2, 0.25) is 0 Å². The zero-order valence-electron chi connectivity index (χ0n) is 9.18. The molecule has 0 radical (unpaired) electrons. The van der Waals surface area contributed by atoms with Crippen molar-refractivity contribution in [3.63, 3.8) is 0 Å². The second kappa shape index (κ2) is 5.25. The fraction of sp³-hybridized carbons (Fsp3) is 0.625. The van der Waals surface area contributed by atoms with Crippen molar-refractivity contribution in [2.45, 2.75) is 25.3 Å². The van der Waals surface area contributed by atoms with Crippen molar-refractivity contribution >= 4 is 0 Å². The minimum Gasteiger partial charge on any atom is -0.390 e. The first-order chi connectivity index (χ1) is 8.29. The number of aliphatic hydroxyl groups is 2. The minimum atomic E-state index is -4.75. The van der Waals surface area contributed by atoms with Crippen LogP contribution in [0, 0.1) is 6.92 Å². The topological polar surface area (TPSA) is 118 Å². The Hall–Kier alpha value is -1.77. The highest BCUT2D eigenvalue weighted by Crippen LogP contribution is 2.35. The number of aryl methyl sites for hydroxylation is 1. The zero-order chi connectivity index (χ0) is 13.9. The van der Waals surface area contributed by atoms with Gasteiger partial charge < -0.3 is 10.2 Å². The van der Waals surface area contributed by atoms with Gasteiger partial charge in [-0.2, -0.15) is 18.3 Å². The van der Waals surface area contributed by atoms with Crippen molar-refractivity contribution in [1.82, 2.24) is 10.2 Å². The number of aromatic nitrogens is 2. The van der Waals surface area contributed by atoms with Crippen molar-refractivity contribution in [2.75, 3.05) is 6.54 Å². The first-order valence-electron chi connectivity index (χ1n) is 4.78. The van der Waals surface area contributed by atoms with E-state index < -0.39 is 36.2 Å². The normalized spacial score (nSPS) is 15.0. The number of hydrogen-bond acceptors (Lipinski definition) is 4. The maximum atomic E-state index is 12.6. The summed E-state index contributed by atoms with van der Waals surface area (Å²) in [7, 11) is 0. The summed E-state index contributed by atoms with van der Waals surface area (Å²) in [5, 5.41) is 27.2. The first-order valence-corrected chi connectivity index (χ1v) is 4.78. The van der Waals surface area contributed by atoms with Gasteiger partial charge in [-0.3, -0.25) is 5.10 Å². The molecule has 0 saturated carbocycles. The van der Waals surface area contributed by atoms with Gasteiger partial charge in [-0.25, -0.2) is 0 Å². The molecular weight excluding hydrogens is 255 g/mol. The number of aliphatic hydroxyl groups excluding tert-OH is 2. The summed E-state index contributed by atoms with van der Waals surface area (Å²) in [6.45, 7) is 0.737. The van der Waals surface area contributed by atoms with Gasteiger partial charge in [0.15, 0.2) is 5.69 Å². The quantitative estimate of drug-likeness (QED) is 0.434. The molecule has 0 amide bonds. The molecule has 1 aromatic heterocycles. The van der Waals surface area contributed by atoms with E-state index in [1.165, 1.54) is 6.92 Å². The SMILES string of the molecule is Cc1[nH]nc(C(F)(F)F)c1C(O)C(O)CN=[N+]=[N-]. The highest BCUT2D eigenvalue weighted by molar-refractivity contribution is 5.29. The zero-order valence-corrected chi connectivity index (χ0v) is 9.18. The van der Waals surface area contributed by atoms with Gasteiger partial charge in [-0.1, -0.05) is 5.11 Å². The molecule has 0 aromatic carbocycles. The molecule has 100 valence electrons. The van der Waals surface area contributed by atoms with E-state index in [2.05, 4.69) is 20.2 Å². The molecule has 0 spiro atoms. The Labute approximate surface area is 98.9 Å². The molecule has 0 aliphatic heterocycles. The van der Waals surface area contributed by atoms with Crippen LogP contribution in [0.5, 0.6) is 0 Å². The molecule has 18 heavy (non-hydrogen) atoms. The number of alkyl halides is 3. The molecular formula is C8H10F3N5O2. The number of hydrogen-bond donors (Lipinski definition) is 3. The molecule has 1 rings (SSSR count). The van der Waals surface area contributed by atoms with E-state index in [0.717, 1.165) is 0 Å². The van der Waals surface area contributed by atoms with Crippen LogP contribution in [-0.4, -0.2) is 33.1 Å². The van der Waals surface area contributed by atoms with Crippen molar-refractivity contribution < 1.29 is 23.4 Å². The molecule has 0 saturated heterocycles. The standard InChI is InChI=1S/C8H10F3N5O2/c1-3-5(6(18)4(17)2-13-16-12)7(15-14-3)8(9,10)11/h4,6,17-18H,2H2,1H3,(H,14,15). The highest BCUT2D eigenvalue weighted by atomic mass is 19.4. The number of halogens is 3. The summed E-state index contributed by atoms with van der Waals surface area (Å²) in [4.78, 5) is 2.34. The fourth-order valence-corrected chi connectivity index (χ4v) is 1.43. The predicted octanol–water partition coefficient (Wildman–Crippen LogP) is 1.44. The smallest absolute Gasteiger partial charge is 0.390 e. The Morgan fingerprint density at radius 3 is 2.61 bits per heavy atom. The second-order valence-electron chi connectivity index (χ2n) is 3.53. The van der Waals surface area contributed by atoms with Crippen LogP contribution in [-0.2, 0) is 6.18 Å². The summed E-state index contributed by atoms with van der Waals surface area (Å²) in [5.41, 5.74) is 6.16. The number of rotatable bonds is 4. The van der Waals surface area contributed by atoms with Gasteiger partial charge in [0.25, 0.3) is 0 Å². The van der Waals surface area contributed by atoms with Gasteiger partial charge in [-0.05, 0) is 12.5 Å². The van der Waals surface area contributed by atoms with E-state index in [-0.39, 0.29) is 5.69 Å². The fourth-order valence-electron chi connectivity index (χ4n) is 1.43. The van der Waals surface area contributed by atoms with E-state index in [9.17, 15) is 23.4 Å². The molecule has 1 aromatic rings. The molecule has 2 atom stereocenters. The number of H-pyrrole nitrogens is 1. The second-order valence-corrected chi connectivity index (χ2v) is 3.53. The lowest BCUT2D eigenvalue weighted by atomic mass is 10.0. The van der Waals surface area contributed by atoms with Gasteiger partial charge in [0.05, 0.1) is 12.6 Å². The van der Waals surface area contributed by atoms with Crippen LogP contribution >= 0.6 is 0 Å². The summed E-state index contributed by atoms with van der Waals surface area (Å²) >= 11 is 0. The van der Waals surface area contributed by atoms with E-state index in [4.69, 9.17) is 5.53 Å². The van der Waals surface area contributed by atoms with Crippen molar-refractivity contribution in [2.24, 2.45) is 5.11 Å².